The third kappa shape index (κ3) is 4.93. The predicted octanol–water partition coefficient (Wildman–Crippen LogP) is 5.39. The lowest BCUT2D eigenvalue weighted by atomic mass is 9.89. The van der Waals surface area contributed by atoms with Crippen LogP contribution in [0.1, 0.15) is 22.3 Å². The van der Waals surface area contributed by atoms with Crippen LogP contribution in [0.3, 0.4) is 0 Å². The zero-order valence-electron chi connectivity index (χ0n) is 21.6. The number of rotatable bonds is 3. The first-order valence-electron chi connectivity index (χ1n) is 11.9. The van der Waals surface area contributed by atoms with Gasteiger partial charge in [-0.2, -0.15) is 31.6 Å². The minimum Gasteiger partial charge on any atom is -0.206 e. The zero-order chi connectivity index (χ0) is 32.3. The van der Waals surface area contributed by atoms with Gasteiger partial charge in [-0.05, 0) is 58.7 Å². The monoisotopic (exact) mass is 590 g/mol. The van der Waals surface area contributed by atoms with E-state index in [1.807, 2.05) is 0 Å². The van der Waals surface area contributed by atoms with E-state index in [1.54, 1.807) is 24.3 Å². The van der Waals surface area contributed by atoms with Gasteiger partial charge in [0, 0.05) is 10.4 Å². The summed E-state index contributed by atoms with van der Waals surface area (Å²) in [6.45, 7) is 0. The van der Waals surface area contributed by atoms with Crippen molar-refractivity contribution >= 4 is 11.1 Å². The van der Waals surface area contributed by atoms with Gasteiger partial charge >= 0.3 is 0 Å². The smallest absolute Gasteiger partial charge is 0.180 e. The van der Waals surface area contributed by atoms with Crippen molar-refractivity contribution in [2.75, 3.05) is 0 Å². The highest BCUT2D eigenvalue weighted by molar-refractivity contribution is 5.86. The molecule has 4 rings (SSSR count). The Kier molecular flexibility index (Phi) is 8.17. The van der Waals surface area contributed by atoms with E-state index in [9.17, 15) is 33.3 Å². The Morgan fingerprint density at radius 3 is 1.34 bits per heavy atom. The summed E-state index contributed by atoms with van der Waals surface area (Å²) in [5.74, 6) is -10.5. The molecule has 0 spiro atoms. The molecular formula is C32H8F6N6. The molecule has 0 saturated carbocycles. The van der Waals surface area contributed by atoms with Gasteiger partial charge in [0.1, 0.15) is 59.2 Å². The van der Waals surface area contributed by atoms with Gasteiger partial charge in [-0.1, -0.05) is 12.1 Å². The first kappa shape index (κ1) is 30.1. The van der Waals surface area contributed by atoms with Gasteiger partial charge in [0.15, 0.2) is 23.3 Å². The number of nitriles is 6. The van der Waals surface area contributed by atoms with E-state index in [1.165, 1.54) is 12.1 Å². The van der Waals surface area contributed by atoms with Crippen LogP contribution in [-0.4, -0.2) is 0 Å². The molecule has 0 aliphatic carbocycles. The Hall–Kier alpha value is -6.86. The van der Waals surface area contributed by atoms with Crippen molar-refractivity contribution in [1.29, 1.82) is 31.6 Å². The summed E-state index contributed by atoms with van der Waals surface area (Å²) in [6.07, 6.45) is 0. The van der Waals surface area contributed by atoms with Gasteiger partial charge in [0.2, 0.25) is 0 Å². The number of benzene rings is 4. The molecule has 0 aromatic heterocycles. The lowest BCUT2D eigenvalue weighted by Gasteiger charge is -2.13. The van der Waals surface area contributed by atoms with Crippen LogP contribution < -0.4 is 10.4 Å². The average Bonchev–Trinajstić information content (AvgIpc) is 3.02. The molecule has 0 saturated heterocycles. The van der Waals surface area contributed by atoms with Crippen molar-refractivity contribution in [3.8, 4) is 58.7 Å². The fourth-order valence-corrected chi connectivity index (χ4v) is 4.38. The third-order valence-electron chi connectivity index (χ3n) is 6.46. The summed E-state index contributed by atoms with van der Waals surface area (Å²) in [5, 5.41) is 55.8. The number of hydrogen-bond acceptors (Lipinski definition) is 6. The van der Waals surface area contributed by atoms with Crippen LogP contribution in [-0.2, 0) is 0 Å². The normalized spacial score (nSPS) is 10.7. The highest BCUT2D eigenvalue weighted by atomic mass is 19.2. The topological polar surface area (TPSA) is 143 Å². The molecular weight excluding hydrogens is 582 g/mol. The first-order valence-corrected chi connectivity index (χ1v) is 11.9. The van der Waals surface area contributed by atoms with Gasteiger partial charge in [0.05, 0.1) is 22.3 Å². The van der Waals surface area contributed by atoms with Crippen LogP contribution in [0.4, 0.5) is 26.3 Å². The fourth-order valence-electron chi connectivity index (χ4n) is 4.38. The molecule has 0 radical (unpaired) electrons. The second-order valence-corrected chi connectivity index (χ2v) is 8.76. The molecule has 0 aliphatic heterocycles. The molecule has 12 heteroatoms. The molecule has 0 unspecified atom stereocenters. The van der Waals surface area contributed by atoms with Gasteiger partial charge in [-0.3, -0.25) is 0 Å². The Bertz CT molecular complexity index is 2280. The minimum atomic E-state index is -2.11. The van der Waals surface area contributed by atoms with Gasteiger partial charge < -0.3 is 0 Å². The van der Waals surface area contributed by atoms with Crippen molar-refractivity contribution in [3.63, 3.8) is 0 Å². The summed E-state index contributed by atoms with van der Waals surface area (Å²) in [6, 6.07) is 17.0. The summed E-state index contributed by atoms with van der Waals surface area (Å²) >= 11 is 0. The largest absolute Gasteiger partial charge is 0.206 e. The fraction of sp³-hybridized carbons (Fsp3) is 0. The first-order chi connectivity index (χ1) is 21.1. The van der Waals surface area contributed by atoms with E-state index < -0.39 is 68.0 Å². The average molecular weight is 590 g/mol. The van der Waals surface area contributed by atoms with Gasteiger partial charge in [-0.15, -0.1) is 0 Å². The highest BCUT2D eigenvalue weighted by Gasteiger charge is 2.29. The molecule has 6 nitrogen and oxygen atoms in total. The van der Waals surface area contributed by atoms with Crippen LogP contribution in [0.15, 0.2) is 48.5 Å². The van der Waals surface area contributed by atoms with Gasteiger partial charge in [0.25, 0.3) is 0 Å². The Balaban J connectivity index is 2.37. The Labute approximate surface area is 243 Å². The van der Waals surface area contributed by atoms with E-state index in [4.69, 9.17) is 15.8 Å². The van der Waals surface area contributed by atoms with Crippen molar-refractivity contribution < 1.29 is 26.3 Å². The van der Waals surface area contributed by atoms with Crippen molar-refractivity contribution in [2.24, 2.45) is 0 Å². The van der Waals surface area contributed by atoms with Crippen LogP contribution in [0, 0.1) is 103 Å². The van der Waals surface area contributed by atoms with E-state index in [0.29, 0.717) is 0 Å². The number of halogens is 6. The summed E-state index contributed by atoms with van der Waals surface area (Å²) in [4.78, 5) is 0. The van der Waals surface area contributed by atoms with Crippen LogP contribution in [0.2, 0.25) is 0 Å². The quantitative estimate of drug-likeness (QED) is 0.231. The summed E-state index contributed by atoms with van der Waals surface area (Å²) < 4.78 is 89.1. The number of hydrogen-bond donors (Lipinski definition) is 0. The maximum Gasteiger partial charge on any atom is 0.180 e. The summed E-state index contributed by atoms with van der Waals surface area (Å²) in [5.41, 5.74) is -6.37. The molecule has 0 amide bonds. The third-order valence-corrected chi connectivity index (χ3v) is 6.46. The lowest BCUT2D eigenvalue weighted by molar-refractivity contribution is 0.447. The molecule has 0 bridgehead atoms. The molecule has 44 heavy (non-hydrogen) atoms. The van der Waals surface area contributed by atoms with E-state index in [2.05, 4.69) is 0 Å². The molecule has 0 aliphatic rings. The molecule has 0 fully saturated rings. The van der Waals surface area contributed by atoms with E-state index in [-0.39, 0.29) is 33.0 Å². The van der Waals surface area contributed by atoms with Crippen molar-refractivity contribution in [2.45, 2.75) is 0 Å². The second-order valence-electron chi connectivity index (χ2n) is 8.76. The SMILES string of the molecule is N#CC(C#N)=c1cc(-c2ccc(C#N)c(F)c2)/c(=C(\C#N)c2c(F)c(F)c(C#N)c(F)c2F)cc1-c1ccc(C#N)c(F)c1. The van der Waals surface area contributed by atoms with Crippen molar-refractivity contribution in [1.82, 2.24) is 0 Å². The van der Waals surface area contributed by atoms with Crippen LogP contribution in [0.25, 0.3) is 33.4 Å². The zero-order valence-corrected chi connectivity index (χ0v) is 21.6. The van der Waals surface area contributed by atoms with Crippen LogP contribution >= 0.6 is 0 Å². The predicted molar refractivity (Wildman–Crippen MR) is 140 cm³/mol. The Morgan fingerprint density at radius 1 is 0.500 bits per heavy atom. The second kappa shape index (κ2) is 11.9. The molecule has 0 heterocycles. The van der Waals surface area contributed by atoms with E-state index >= 15 is 8.78 Å². The standard InChI is InChI=1S/C32H8F6N6/c33-26-5-15(1-3-17(26)9-39)20-8-23(24(13-43)28-31(37)29(35)25(14-44)30(36)32(28)38)21(7-22(20)19(11-41)12-42)16-2-4-18(10-40)27(34)6-16/h1-8H/b24-23+. The molecule has 208 valence electrons. The Morgan fingerprint density at radius 2 is 0.955 bits per heavy atom. The maximum absolute atomic E-state index is 15.2. The molecule has 4 aromatic rings. The maximum atomic E-state index is 15.2. The molecule has 0 atom stereocenters. The molecule has 4 aromatic carbocycles. The minimum absolute atomic E-state index is 0.103. The lowest BCUT2D eigenvalue weighted by Crippen LogP contribution is -2.21. The van der Waals surface area contributed by atoms with Crippen molar-refractivity contribution in [3.05, 3.63) is 116 Å². The summed E-state index contributed by atoms with van der Waals surface area (Å²) in [7, 11) is 0. The van der Waals surface area contributed by atoms with E-state index in [0.717, 1.165) is 48.5 Å². The van der Waals surface area contributed by atoms with Crippen LogP contribution in [0.5, 0.6) is 0 Å². The molecule has 0 N–H and O–H groups in total. The van der Waals surface area contributed by atoms with Gasteiger partial charge in [-0.25, -0.2) is 26.3 Å². The highest BCUT2D eigenvalue weighted by Crippen LogP contribution is 2.30. The number of nitrogens with zero attached hydrogens (tertiary/aromatic N) is 6.